The van der Waals surface area contributed by atoms with Crippen molar-refractivity contribution >= 4 is 29.3 Å². The Morgan fingerprint density at radius 2 is 1.82 bits per heavy atom. The van der Waals surface area contributed by atoms with E-state index in [2.05, 4.69) is 10.6 Å². The summed E-state index contributed by atoms with van der Waals surface area (Å²) in [4.78, 5) is 53.7. The van der Waals surface area contributed by atoms with Crippen molar-refractivity contribution in [1.82, 2.24) is 10.2 Å². The van der Waals surface area contributed by atoms with Gasteiger partial charge in [0.1, 0.15) is 5.54 Å². The van der Waals surface area contributed by atoms with Crippen LogP contribution in [0.4, 0.5) is 5.69 Å². The molecule has 8 nitrogen and oxygen atoms in total. The molecule has 34 heavy (non-hydrogen) atoms. The van der Waals surface area contributed by atoms with Gasteiger partial charge in [-0.2, -0.15) is 0 Å². The van der Waals surface area contributed by atoms with E-state index in [1.165, 1.54) is 4.90 Å². The largest absolute Gasteiger partial charge is 0.370 e. The highest BCUT2D eigenvalue weighted by atomic mass is 16.2. The number of nitrogens with one attached hydrogen (secondary N) is 2. The highest BCUT2D eigenvalue weighted by Crippen LogP contribution is 2.54. The predicted molar refractivity (Wildman–Crippen MR) is 125 cm³/mol. The zero-order valence-electron chi connectivity index (χ0n) is 19.3. The van der Waals surface area contributed by atoms with Gasteiger partial charge in [-0.1, -0.05) is 48.0 Å². The van der Waals surface area contributed by atoms with E-state index in [9.17, 15) is 19.2 Å². The number of hydrogen-bond donors (Lipinski definition) is 3. The van der Waals surface area contributed by atoms with Gasteiger partial charge in [-0.25, -0.2) is 0 Å². The Morgan fingerprint density at radius 1 is 1.09 bits per heavy atom. The molecule has 4 N–H and O–H groups in total. The quantitative estimate of drug-likeness (QED) is 0.565. The van der Waals surface area contributed by atoms with Gasteiger partial charge in [-0.05, 0) is 37.8 Å². The lowest BCUT2D eigenvalue weighted by atomic mass is 9.75. The van der Waals surface area contributed by atoms with Crippen molar-refractivity contribution in [3.8, 4) is 0 Å². The summed E-state index contributed by atoms with van der Waals surface area (Å²) >= 11 is 0. The lowest BCUT2D eigenvalue weighted by Crippen LogP contribution is -2.53. The second kappa shape index (κ2) is 8.06. The number of anilines is 1. The van der Waals surface area contributed by atoms with E-state index in [4.69, 9.17) is 5.73 Å². The Balaban J connectivity index is 1.55. The Labute approximate surface area is 197 Å². The molecule has 0 aromatic heterocycles. The first-order valence-electron chi connectivity index (χ1n) is 11.6. The van der Waals surface area contributed by atoms with E-state index >= 15 is 0 Å². The van der Waals surface area contributed by atoms with Crippen LogP contribution in [0.3, 0.4) is 0 Å². The first-order valence-corrected chi connectivity index (χ1v) is 11.6. The first kappa shape index (κ1) is 22.3. The van der Waals surface area contributed by atoms with Gasteiger partial charge in [0.2, 0.25) is 23.6 Å². The van der Waals surface area contributed by atoms with Gasteiger partial charge in [-0.3, -0.25) is 29.4 Å². The van der Waals surface area contributed by atoms with Gasteiger partial charge >= 0.3 is 0 Å². The third-order valence-corrected chi connectivity index (χ3v) is 7.43. The van der Waals surface area contributed by atoms with Gasteiger partial charge in [0.25, 0.3) is 0 Å². The molecular weight excluding hydrogens is 432 g/mol. The Morgan fingerprint density at radius 3 is 2.53 bits per heavy atom. The van der Waals surface area contributed by atoms with Crippen molar-refractivity contribution in [3.63, 3.8) is 0 Å². The van der Waals surface area contributed by atoms with Crippen LogP contribution in [0.15, 0.2) is 42.5 Å². The van der Waals surface area contributed by atoms with Crippen LogP contribution < -0.4 is 16.4 Å². The molecule has 0 bridgehead atoms. The molecule has 0 aliphatic carbocycles. The summed E-state index contributed by atoms with van der Waals surface area (Å²) in [5.74, 6) is -3.08. The lowest BCUT2D eigenvalue weighted by Gasteiger charge is -2.30. The zero-order chi connectivity index (χ0) is 24.2. The van der Waals surface area contributed by atoms with E-state index in [1.807, 2.05) is 56.3 Å². The Hall–Kier alpha value is -3.52. The molecule has 1 spiro atoms. The summed E-state index contributed by atoms with van der Waals surface area (Å²) in [6, 6.07) is 13.0. The number of carbonyl (C=O) groups excluding carboxylic acids is 4. The standard InChI is InChI=1S/C26H28N4O4/c1-14-12-15(2)22-17(13-14)26(25(34)28-22)21-20(18(29-26)8-9-19(27)31)23(32)30(24(21)33)11-10-16-6-4-3-5-7-16/h3-7,12-13,18,20-21,29H,8-11H2,1-2H3,(H2,27,31)(H,28,34)/t18-,20-,21+,26+/m1/s1. The van der Waals surface area contributed by atoms with Crippen molar-refractivity contribution in [2.45, 2.75) is 44.7 Å². The van der Waals surface area contributed by atoms with Gasteiger partial charge in [-0.15, -0.1) is 0 Å². The minimum Gasteiger partial charge on any atom is -0.370 e. The maximum atomic E-state index is 13.8. The minimum atomic E-state index is -1.35. The molecule has 0 saturated carbocycles. The fourth-order valence-corrected chi connectivity index (χ4v) is 5.97. The van der Waals surface area contributed by atoms with Crippen molar-refractivity contribution < 1.29 is 19.2 Å². The summed E-state index contributed by atoms with van der Waals surface area (Å²) in [5.41, 5.74) is 8.29. The normalized spacial score (nSPS) is 27.3. The summed E-state index contributed by atoms with van der Waals surface area (Å²) < 4.78 is 0. The highest BCUT2D eigenvalue weighted by molar-refractivity contribution is 6.15. The molecule has 2 saturated heterocycles. The number of primary amides is 1. The van der Waals surface area contributed by atoms with E-state index in [0.29, 0.717) is 17.7 Å². The van der Waals surface area contributed by atoms with Crippen LogP contribution in [0.1, 0.15) is 35.1 Å². The van der Waals surface area contributed by atoms with Gasteiger partial charge in [0, 0.05) is 30.3 Å². The number of benzene rings is 2. The summed E-state index contributed by atoms with van der Waals surface area (Å²) in [7, 11) is 0. The summed E-state index contributed by atoms with van der Waals surface area (Å²) in [6.45, 7) is 4.10. The molecule has 3 heterocycles. The number of fused-ring (bicyclic) bond motifs is 4. The molecule has 2 fully saturated rings. The number of rotatable bonds is 6. The fourth-order valence-electron chi connectivity index (χ4n) is 5.97. The lowest BCUT2D eigenvalue weighted by molar-refractivity contribution is -0.142. The third kappa shape index (κ3) is 3.24. The molecule has 3 aliphatic rings. The van der Waals surface area contributed by atoms with Crippen LogP contribution in [0.2, 0.25) is 0 Å². The summed E-state index contributed by atoms with van der Waals surface area (Å²) in [6.07, 6.45) is 0.867. The molecule has 4 atom stereocenters. The van der Waals surface area contributed by atoms with Crippen molar-refractivity contribution in [2.75, 3.05) is 11.9 Å². The van der Waals surface area contributed by atoms with Crippen LogP contribution in [-0.2, 0) is 31.1 Å². The average molecular weight is 461 g/mol. The molecule has 5 rings (SSSR count). The maximum absolute atomic E-state index is 13.8. The molecule has 8 heteroatoms. The average Bonchev–Trinajstić information content (AvgIpc) is 3.37. The number of nitrogens with two attached hydrogens (primary N) is 1. The number of aryl methyl sites for hydroxylation is 2. The van der Waals surface area contributed by atoms with Crippen LogP contribution in [0, 0.1) is 25.7 Å². The van der Waals surface area contributed by atoms with Crippen molar-refractivity contribution in [2.24, 2.45) is 17.6 Å². The monoisotopic (exact) mass is 460 g/mol. The zero-order valence-corrected chi connectivity index (χ0v) is 19.3. The second-order valence-corrected chi connectivity index (χ2v) is 9.59. The summed E-state index contributed by atoms with van der Waals surface area (Å²) in [5, 5.41) is 6.31. The topological polar surface area (TPSA) is 122 Å². The molecule has 3 aliphatic heterocycles. The second-order valence-electron chi connectivity index (χ2n) is 9.59. The highest BCUT2D eigenvalue weighted by Gasteiger charge is 2.70. The molecule has 2 aromatic rings. The number of amides is 4. The van der Waals surface area contributed by atoms with Gasteiger partial charge in [0.15, 0.2) is 0 Å². The molecule has 176 valence electrons. The maximum Gasteiger partial charge on any atom is 0.250 e. The van der Waals surface area contributed by atoms with Crippen LogP contribution in [0.5, 0.6) is 0 Å². The van der Waals surface area contributed by atoms with E-state index in [-0.39, 0.29) is 37.1 Å². The Bertz CT molecular complexity index is 1210. The smallest absolute Gasteiger partial charge is 0.250 e. The first-order chi connectivity index (χ1) is 16.2. The molecule has 2 aromatic carbocycles. The SMILES string of the molecule is Cc1cc(C)c2c(c1)[C@@]1(N[C@H](CCC(N)=O)[C@H]3C(=O)N(CCc4ccccc4)C(=O)[C@H]31)C(=O)N2. The van der Waals surface area contributed by atoms with E-state index in [1.54, 1.807) is 0 Å². The number of likely N-dealkylation sites (tertiary alicyclic amines) is 1. The van der Waals surface area contributed by atoms with Gasteiger partial charge < -0.3 is 11.1 Å². The number of hydrogen-bond acceptors (Lipinski definition) is 5. The fraction of sp³-hybridized carbons (Fsp3) is 0.385. The molecule has 0 radical (unpaired) electrons. The van der Waals surface area contributed by atoms with E-state index in [0.717, 1.165) is 16.7 Å². The molecule has 0 unspecified atom stereocenters. The number of carbonyl (C=O) groups is 4. The number of nitrogens with zero attached hydrogens (tertiary/aromatic N) is 1. The third-order valence-electron chi connectivity index (χ3n) is 7.43. The minimum absolute atomic E-state index is 0.0593. The molecular formula is C26H28N4O4. The van der Waals surface area contributed by atoms with Crippen LogP contribution >= 0.6 is 0 Å². The number of imide groups is 1. The van der Waals surface area contributed by atoms with Gasteiger partial charge in [0.05, 0.1) is 11.8 Å². The predicted octanol–water partition coefficient (Wildman–Crippen LogP) is 1.53. The van der Waals surface area contributed by atoms with Crippen molar-refractivity contribution in [1.29, 1.82) is 0 Å². The molecule has 4 amide bonds. The van der Waals surface area contributed by atoms with Crippen molar-refractivity contribution in [3.05, 3.63) is 64.7 Å². The van der Waals surface area contributed by atoms with E-state index < -0.39 is 29.3 Å². The van der Waals surface area contributed by atoms with Crippen LogP contribution in [-0.4, -0.2) is 41.1 Å². The Kier molecular flexibility index (Phi) is 5.28. The van der Waals surface area contributed by atoms with Crippen LogP contribution in [0.25, 0.3) is 0 Å².